The van der Waals surface area contributed by atoms with Crippen molar-refractivity contribution in [2.75, 3.05) is 37.7 Å². The van der Waals surface area contributed by atoms with Crippen LogP contribution >= 0.6 is 0 Å². The van der Waals surface area contributed by atoms with Crippen LogP contribution < -0.4 is 10.5 Å². The third-order valence-electron chi connectivity index (χ3n) is 8.12. The number of anilines is 1. The van der Waals surface area contributed by atoms with Crippen LogP contribution in [-0.2, 0) is 11.3 Å². The number of aromatic amines is 1. The Morgan fingerprint density at radius 2 is 1.92 bits per heavy atom. The maximum atomic E-state index is 13.5. The molecule has 2 fully saturated rings. The molecule has 4 heterocycles. The number of nitrogens with zero attached hydrogens (tertiary/aromatic N) is 6. The van der Waals surface area contributed by atoms with Crippen LogP contribution in [-0.4, -0.2) is 69.0 Å². The molecule has 0 saturated carbocycles. The van der Waals surface area contributed by atoms with Crippen molar-refractivity contribution in [2.45, 2.75) is 52.3 Å². The lowest BCUT2D eigenvalue weighted by Crippen LogP contribution is -2.49. The van der Waals surface area contributed by atoms with Gasteiger partial charge in [-0.1, -0.05) is 23.8 Å². The van der Waals surface area contributed by atoms with Crippen molar-refractivity contribution in [3.8, 4) is 0 Å². The van der Waals surface area contributed by atoms with Crippen LogP contribution in [0.1, 0.15) is 47.0 Å². The number of hydrogen-bond acceptors (Lipinski definition) is 7. The molecule has 0 aliphatic carbocycles. The van der Waals surface area contributed by atoms with Crippen molar-refractivity contribution in [2.24, 2.45) is 0 Å². The van der Waals surface area contributed by atoms with Gasteiger partial charge in [-0.05, 0) is 84.8 Å². The van der Waals surface area contributed by atoms with Gasteiger partial charge in [0, 0.05) is 49.6 Å². The number of H-pyrrole nitrogens is 1. The Balaban J connectivity index is 1.37. The predicted molar refractivity (Wildman–Crippen MR) is 148 cm³/mol. The number of ether oxygens (including phenoxy) is 1. The normalized spacial score (nSPS) is 19.3. The number of aromatic nitrogens is 5. The number of benzene rings is 2. The first kappa shape index (κ1) is 24.8. The fourth-order valence-electron chi connectivity index (χ4n) is 5.86. The van der Waals surface area contributed by atoms with Crippen LogP contribution in [0.4, 0.5) is 5.69 Å². The first-order chi connectivity index (χ1) is 18.5. The molecule has 6 rings (SSSR count). The number of nitrogens with one attached hydrogen (secondary N) is 1. The average Bonchev–Trinajstić information content (AvgIpc) is 3.60. The SMILES string of the molecule is Cc1ccc2[nH]c(=O)c([C@H](c3nnnn3C[C@H]3CCCO3)N3CCN(c4cccc(C)c4C)CC3)cc2c1. The molecular formula is C29H35N7O2. The molecule has 2 aromatic heterocycles. The second-order valence-electron chi connectivity index (χ2n) is 10.6. The molecule has 9 heteroatoms. The second kappa shape index (κ2) is 10.3. The zero-order valence-corrected chi connectivity index (χ0v) is 22.4. The van der Waals surface area contributed by atoms with Crippen LogP contribution in [0, 0.1) is 20.8 Å². The number of pyridine rings is 1. The van der Waals surface area contributed by atoms with E-state index in [0.29, 0.717) is 17.9 Å². The number of rotatable bonds is 6. The fraction of sp³-hybridized carbons (Fsp3) is 0.448. The quantitative estimate of drug-likeness (QED) is 0.422. The minimum absolute atomic E-state index is 0.0941. The average molecular weight is 514 g/mol. The predicted octanol–water partition coefficient (Wildman–Crippen LogP) is 3.53. The smallest absolute Gasteiger partial charge is 0.253 e. The highest BCUT2D eigenvalue weighted by Crippen LogP contribution is 2.31. The summed E-state index contributed by atoms with van der Waals surface area (Å²) < 4.78 is 7.73. The summed E-state index contributed by atoms with van der Waals surface area (Å²) in [5, 5.41) is 13.9. The van der Waals surface area contributed by atoms with Gasteiger partial charge in [0.1, 0.15) is 6.04 Å². The molecule has 2 aromatic carbocycles. The molecule has 0 radical (unpaired) electrons. The molecule has 2 saturated heterocycles. The van der Waals surface area contributed by atoms with Crippen LogP contribution in [0.2, 0.25) is 0 Å². The van der Waals surface area contributed by atoms with E-state index in [-0.39, 0.29) is 17.7 Å². The van der Waals surface area contributed by atoms with Crippen LogP contribution in [0.3, 0.4) is 0 Å². The molecule has 2 aliphatic heterocycles. The monoisotopic (exact) mass is 513 g/mol. The summed E-state index contributed by atoms with van der Waals surface area (Å²) >= 11 is 0. The lowest BCUT2D eigenvalue weighted by atomic mass is 10.0. The Morgan fingerprint density at radius 1 is 1.08 bits per heavy atom. The van der Waals surface area contributed by atoms with E-state index in [1.807, 2.05) is 22.9 Å². The Morgan fingerprint density at radius 3 is 2.71 bits per heavy atom. The van der Waals surface area contributed by atoms with E-state index >= 15 is 0 Å². The minimum atomic E-state index is -0.360. The van der Waals surface area contributed by atoms with E-state index in [9.17, 15) is 4.79 Å². The van der Waals surface area contributed by atoms with E-state index in [2.05, 4.69) is 75.3 Å². The van der Waals surface area contributed by atoms with Crippen LogP contribution in [0.25, 0.3) is 10.9 Å². The van der Waals surface area contributed by atoms with Crippen LogP contribution in [0.15, 0.2) is 47.3 Å². The van der Waals surface area contributed by atoms with E-state index in [0.717, 1.165) is 62.1 Å². The van der Waals surface area contributed by atoms with Gasteiger partial charge in [-0.15, -0.1) is 5.10 Å². The summed E-state index contributed by atoms with van der Waals surface area (Å²) in [6, 6.07) is 14.2. The Kier molecular flexibility index (Phi) is 6.71. The lowest BCUT2D eigenvalue weighted by Gasteiger charge is -2.40. The van der Waals surface area contributed by atoms with Crippen molar-refractivity contribution in [1.82, 2.24) is 30.1 Å². The van der Waals surface area contributed by atoms with Gasteiger partial charge in [0.25, 0.3) is 5.56 Å². The fourth-order valence-corrected chi connectivity index (χ4v) is 5.86. The van der Waals surface area contributed by atoms with Crippen molar-refractivity contribution in [3.05, 3.63) is 80.9 Å². The summed E-state index contributed by atoms with van der Waals surface area (Å²) in [6.07, 6.45) is 2.14. The maximum absolute atomic E-state index is 13.5. The van der Waals surface area contributed by atoms with E-state index < -0.39 is 0 Å². The number of fused-ring (bicyclic) bond motifs is 1. The Hall–Kier alpha value is -3.56. The van der Waals surface area contributed by atoms with Gasteiger partial charge in [-0.25, -0.2) is 4.68 Å². The summed E-state index contributed by atoms with van der Waals surface area (Å²) in [5.74, 6) is 0.693. The third-order valence-corrected chi connectivity index (χ3v) is 8.12. The Labute approximate surface area is 222 Å². The van der Waals surface area contributed by atoms with Gasteiger partial charge >= 0.3 is 0 Å². The lowest BCUT2D eigenvalue weighted by molar-refractivity contribution is 0.0906. The van der Waals surface area contributed by atoms with Gasteiger partial charge in [0.2, 0.25) is 0 Å². The van der Waals surface area contributed by atoms with Gasteiger partial charge in [-0.3, -0.25) is 9.69 Å². The summed E-state index contributed by atoms with van der Waals surface area (Å²) in [6.45, 7) is 11.1. The topological polar surface area (TPSA) is 92.2 Å². The van der Waals surface area contributed by atoms with Crippen molar-refractivity contribution in [3.63, 3.8) is 0 Å². The van der Waals surface area contributed by atoms with Crippen molar-refractivity contribution >= 4 is 16.6 Å². The maximum Gasteiger partial charge on any atom is 0.253 e. The second-order valence-corrected chi connectivity index (χ2v) is 10.6. The van der Waals surface area contributed by atoms with Crippen LogP contribution in [0.5, 0.6) is 0 Å². The van der Waals surface area contributed by atoms with E-state index in [1.54, 1.807) is 0 Å². The summed E-state index contributed by atoms with van der Waals surface area (Å²) in [4.78, 5) is 21.4. The molecule has 0 amide bonds. The molecule has 0 spiro atoms. The number of tetrazole rings is 1. The number of hydrogen-bond donors (Lipinski definition) is 1. The Bertz CT molecular complexity index is 1500. The molecule has 0 bridgehead atoms. The first-order valence-electron chi connectivity index (χ1n) is 13.5. The molecule has 38 heavy (non-hydrogen) atoms. The number of piperazine rings is 1. The molecule has 0 unspecified atom stereocenters. The molecule has 4 aromatic rings. The van der Waals surface area contributed by atoms with Crippen molar-refractivity contribution in [1.29, 1.82) is 0 Å². The van der Waals surface area contributed by atoms with Crippen molar-refractivity contribution < 1.29 is 4.74 Å². The highest BCUT2D eigenvalue weighted by Gasteiger charge is 2.33. The highest BCUT2D eigenvalue weighted by atomic mass is 16.5. The molecule has 2 atom stereocenters. The minimum Gasteiger partial charge on any atom is -0.376 e. The molecule has 9 nitrogen and oxygen atoms in total. The first-order valence-corrected chi connectivity index (χ1v) is 13.5. The largest absolute Gasteiger partial charge is 0.376 e. The highest BCUT2D eigenvalue weighted by molar-refractivity contribution is 5.79. The summed E-state index contributed by atoms with van der Waals surface area (Å²) in [5.41, 5.74) is 6.46. The molecular weight excluding hydrogens is 478 g/mol. The molecule has 1 N–H and O–H groups in total. The third kappa shape index (κ3) is 4.72. The van der Waals surface area contributed by atoms with Gasteiger partial charge < -0.3 is 14.6 Å². The standard InChI is InChI=1S/C29H35N7O2/c1-19-9-10-25-22(16-19)17-24(29(37)30-25)27(28-31-32-33-36(28)18-23-7-5-15-38-23)35-13-11-34(12-14-35)26-8-4-6-20(2)21(26)3/h4,6,8-10,16-17,23,27H,5,7,11-15,18H2,1-3H3,(H,30,37)/t23-,27-/m1/s1. The van der Waals surface area contributed by atoms with Gasteiger partial charge in [-0.2, -0.15) is 0 Å². The zero-order chi connectivity index (χ0) is 26.2. The van der Waals surface area contributed by atoms with E-state index in [4.69, 9.17) is 4.74 Å². The summed E-state index contributed by atoms with van der Waals surface area (Å²) in [7, 11) is 0. The van der Waals surface area contributed by atoms with E-state index in [1.165, 1.54) is 16.8 Å². The van der Waals surface area contributed by atoms with Gasteiger partial charge in [0.05, 0.1) is 12.6 Å². The molecule has 198 valence electrons. The number of aryl methyl sites for hydroxylation is 2. The molecule has 2 aliphatic rings. The zero-order valence-electron chi connectivity index (χ0n) is 22.4. The van der Waals surface area contributed by atoms with Gasteiger partial charge in [0.15, 0.2) is 5.82 Å².